The van der Waals surface area contributed by atoms with Crippen molar-refractivity contribution in [1.82, 2.24) is 4.57 Å². The smallest absolute Gasteiger partial charge is 0.266 e. The first-order chi connectivity index (χ1) is 7.43. The first-order valence-corrected chi connectivity index (χ1v) is 7.45. The minimum atomic E-state index is -1.09. The molecule has 3 atom stereocenters. The Hall–Kier alpha value is -0.130. The van der Waals surface area contributed by atoms with E-state index in [2.05, 4.69) is 15.9 Å². The molecule has 0 fully saturated rings. The predicted octanol–water partition coefficient (Wildman–Crippen LogP) is 2.59. The Morgan fingerprint density at radius 2 is 2.31 bits per heavy atom. The maximum Gasteiger partial charge on any atom is 0.266 e. The lowest BCUT2D eigenvalue weighted by molar-refractivity contribution is 0.559. The molecular formula is C10H11BrClNO2S. The average Bonchev–Trinajstić information content (AvgIpc) is 2.47. The molecule has 0 radical (unpaired) electrons. The monoisotopic (exact) mass is 323 g/mol. The molecule has 0 saturated heterocycles. The highest BCUT2D eigenvalue weighted by Gasteiger charge is 2.28. The fourth-order valence-corrected chi connectivity index (χ4v) is 4.31. The molecule has 0 N–H and O–H groups in total. The largest absolute Gasteiger partial charge is 0.296 e. The molecule has 1 aliphatic rings. The Labute approximate surface area is 109 Å². The minimum Gasteiger partial charge on any atom is -0.296 e. The summed E-state index contributed by atoms with van der Waals surface area (Å²) in [5.74, 6) is 0.502. The topological polar surface area (TPSA) is 39.1 Å². The van der Waals surface area contributed by atoms with Crippen LogP contribution in [0.3, 0.4) is 0 Å². The molecule has 16 heavy (non-hydrogen) atoms. The van der Waals surface area contributed by atoms with Gasteiger partial charge in [-0.05, 0) is 41.4 Å². The molecule has 2 unspecified atom stereocenters. The molecule has 1 aromatic rings. The lowest BCUT2D eigenvalue weighted by Gasteiger charge is -2.12. The number of aromatic nitrogens is 1. The van der Waals surface area contributed by atoms with Crippen molar-refractivity contribution in [2.75, 3.05) is 5.75 Å². The van der Waals surface area contributed by atoms with E-state index in [1.165, 1.54) is 0 Å². The maximum absolute atomic E-state index is 12.1. The van der Waals surface area contributed by atoms with Gasteiger partial charge in [0.25, 0.3) is 5.56 Å². The molecule has 2 rings (SSSR count). The minimum absolute atomic E-state index is 0.0145. The molecule has 0 saturated carbocycles. The molecule has 2 heterocycles. The van der Waals surface area contributed by atoms with Gasteiger partial charge in [0.15, 0.2) is 0 Å². The third-order valence-corrected chi connectivity index (χ3v) is 5.27. The van der Waals surface area contributed by atoms with Crippen molar-refractivity contribution >= 4 is 38.3 Å². The van der Waals surface area contributed by atoms with Gasteiger partial charge < -0.3 is 0 Å². The Bertz CT molecular complexity index is 526. The summed E-state index contributed by atoms with van der Waals surface area (Å²) in [7, 11) is -1.09. The summed E-state index contributed by atoms with van der Waals surface area (Å²) in [5.41, 5.74) is 0.568. The van der Waals surface area contributed by atoms with Crippen LogP contribution in [-0.2, 0) is 10.8 Å². The second kappa shape index (κ2) is 4.27. The van der Waals surface area contributed by atoms with Gasteiger partial charge >= 0.3 is 0 Å². The average molecular weight is 325 g/mol. The third-order valence-electron chi connectivity index (χ3n) is 2.67. The van der Waals surface area contributed by atoms with E-state index >= 15 is 0 Å². The van der Waals surface area contributed by atoms with Gasteiger partial charge in [0.2, 0.25) is 0 Å². The highest BCUT2D eigenvalue weighted by atomic mass is 79.9. The molecule has 3 nitrogen and oxygen atoms in total. The van der Waals surface area contributed by atoms with Crippen molar-refractivity contribution in [3.63, 3.8) is 0 Å². The second-order valence-electron chi connectivity index (χ2n) is 3.90. The van der Waals surface area contributed by atoms with Crippen molar-refractivity contribution < 1.29 is 4.21 Å². The van der Waals surface area contributed by atoms with Gasteiger partial charge in [-0.2, -0.15) is 0 Å². The van der Waals surface area contributed by atoms with Gasteiger partial charge in [0.05, 0.1) is 26.4 Å². The van der Waals surface area contributed by atoms with Crippen molar-refractivity contribution in [3.8, 4) is 0 Å². The molecule has 0 aromatic carbocycles. The summed E-state index contributed by atoms with van der Waals surface area (Å²) >= 11 is 9.25. The van der Waals surface area contributed by atoms with E-state index < -0.39 is 10.8 Å². The Balaban J connectivity index is 2.77. The quantitative estimate of drug-likeness (QED) is 0.745. The molecule has 1 aliphatic heterocycles. The van der Waals surface area contributed by atoms with E-state index in [1.807, 2.05) is 6.92 Å². The first kappa shape index (κ1) is 12.3. The number of hydrogen-bond acceptors (Lipinski definition) is 2. The van der Waals surface area contributed by atoms with Crippen molar-refractivity contribution in [2.24, 2.45) is 0 Å². The number of nitrogens with zero attached hydrogens (tertiary/aromatic N) is 1. The first-order valence-electron chi connectivity index (χ1n) is 4.91. The van der Waals surface area contributed by atoms with Gasteiger partial charge in [0, 0.05) is 6.04 Å². The van der Waals surface area contributed by atoms with E-state index in [0.29, 0.717) is 20.8 Å². The fourth-order valence-electron chi connectivity index (χ4n) is 1.86. The SMILES string of the molecule is CC1CS(=O)c2cc([C@@H](C)Cl)c(Br)c(=O)n21. The van der Waals surface area contributed by atoms with Crippen LogP contribution in [-0.4, -0.2) is 14.5 Å². The molecule has 1 aromatic heterocycles. The van der Waals surface area contributed by atoms with Crippen molar-refractivity contribution in [1.29, 1.82) is 0 Å². The van der Waals surface area contributed by atoms with E-state index in [0.717, 1.165) is 0 Å². The van der Waals surface area contributed by atoms with Gasteiger partial charge in [-0.15, -0.1) is 11.6 Å². The normalized spacial score (nSPS) is 25.5. The van der Waals surface area contributed by atoms with Gasteiger partial charge in [-0.3, -0.25) is 13.6 Å². The zero-order valence-corrected chi connectivity index (χ0v) is 12.0. The number of rotatable bonds is 1. The van der Waals surface area contributed by atoms with Crippen LogP contribution >= 0.6 is 27.5 Å². The van der Waals surface area contributed by atoms with E-state index in [4.69, 9.17) is 11.6 Å². The van der Waals surface area contributed by atoms with Crippen LogP contribution in [0.4, 0.5) is 0 Å². The van der Waals surface area contributed by atoms with Crippen LogP contribution in [0.1, 0.15) is 30.8 Å². The Kier molecular flexibility index (Phi) is 3.29. The number of alkyl halides is 1. The van der Waals surface area contributed by atoms with E-state index in [-0.39, 0.29) is 17.0 Å². The maximum atomic E-state index is 12.1. The van der Waals surface area contributed by atoms with Crippen molar-refractivity contribution in [3.05, 3.63) is 26.5 Å². The molecule has 0 spiro atoms. The Morgan fingerprint density at radius 3 is 2.88 bits per heavy atom. The summed E-state index contributed by atoms with van der Waals surface area (Å²) in [4.78, 5) is 12.1. The summed E-state index contributed by atoms with van der Waals surface area (Å²) in [5, 5.41) is 0.309. The number of hydrogen-bond donors (Lipinski definition) is 0. The van der Waals surface area contributed by atoms with Gasteiger partial charge in [-0.1, -0.05) is 0 Å². The van der Waals surface area contributed by atoms with Crippen LogP contribution in [0.25, 0.3) is 0 Å². The molecule has 0 amide bonds. The summed E-state index contributed by atoms with van der Waals surface area (Å²) in [6.45, 7) is 3.69. The Morgan fingerprint density at radius 1 is 1.69 bits per heavy atom. The highest BCUT2D eigenvalue weighted by molar-refractivity contribution is 9.10. The zero-order valence-electron chi connectivity index (χ0n) is 8.87. The number of fused-ring (bicyclic) bond motifs is 1. The molecule has 0 bridgehead atoms. The van der Waals surface area contributed by atoms with Crippen LogP contribution in [0.15, 0.2) is 20.4 Å². The summed E-state index contributed by atoms with van der Waals surface area (Å²) < 4.78 is 13.9. The summed E-state index contributed by atoms with van der Waals surface area (Å²) in [6.07, 6.45) is 0. The van der Waals surface area contributed by atoms with E-state index in [1.54, 1.807) is 17.6 Å². The third kappa shape index (κ3) is 1.79. The molecule has 6 heteroatoms. The fraction of sp³-hybridized carbons (Fsp3) is 0.500. The van der Waals surface area contributed by atoms with E-state index in [9.17, 15) is 9.00 Å². The van der Waals surface area contributed by atoms with Crippen LogP contribution in [0.5, 0.6) is 0 Å². The standard InChI is InChI=1S/C10H11BrClNO2S/c1-5-4-16(15)8-3-7(6(2)12)9(11)10(14)13(5)8/h3,5-6H,4H2,1-2H3/t5?,6-,16?/m1/s1. The lowest BCUT2D eigenvalue weighted by atomic mass is 10.2. The predicted molar refractivity (Wildman–Crippen MR) is 68.7 cm³/mol. The van der Waals surface area contributed by atoms with Gasteiger partial charge in [0.1, 0.15) is 5.03 Å². The second-order valence-corrected chi connectivity index (χ2v) is 6.79. The molecule has 88 valence electrons. The molecular weight excluding hydrogens is 314 g/mol. The number of pyridine rings is 1. The van der Waals surface area contributed by atoms with Crippen molar-refractivity contribution in [2.45, 2.75) is 30.3 Å². The van der Waals surface area contributed by atoms with Crippen LogP contribution < -0.4 is 5.56 Å². The molecule has 0 aliphatic carbocycles. The lowest BCUT2D eigenvalue weighted by Crippen LogP contribution is -2.24. The van der Waals surface area contributed by atoms with Crippen LogP contribution in [0.2, 0.25) is 0 Å². The summed E-state index contributed by atoms with van der Waals surface area (Å²) in [6, 6.07) is 1.75. The number of halogens is 2. The zero-order chi connectivity index (χ0) is 12.0. The van der Waals surface area contributed by atoms with Gasteiger partial charge in [-0.25, -0.2) is 0 Å². The highest BCUT2D eigenvalue weighted by Crippen LogP contribution is 2.31. The van der Waals surface area contributed by atoms with Crippen LogP contribution in [0, 0.1) is 0 Å².